The number of imidazole rings is 1. The number of phosphoric acid groups is 1. The lowest BCUT2D eigenvalue weighted by molar-refractivity contribution is -0.0787. The number of hydrogen-bond acceptors (Lipinski definition) is 22. The Morgan fingerprint density at radius 2 is 1.31 bits per heavy atom. The average molecular weight is 1590 g/mol. The molecule has 0 spiro atoms. The largest absolute Gasteiger partial charge is 0.530 e. The van der Waals surface area contributed by atoms with Crippen LogP contribution in [0.4, 0.5) is 5.82 Å². The van der Waals surface area contributed by atoms with Gasteiger partial charge in [-0.05, 0) is 136 Å². The van der Waals surface area contributed by atoms with Crippen LogP contribution in [0.2, 0.25) is 10.0 Å². The number of nitrogens with zero attached hydrogens (tertiary/aromatic N) is 8. The number of carbonyl (C=O) groups is 1. The molecule has 4 aromatic heterocycles. The summed E-state index contributed by atoms with van der Waals surface area (Å²) < 4.78 is 96.5. The van der Waals surface area contributed by atoms with Crippen molar-refractivity contribution in [3.63, 3.8) is 0 Å². The quantitative estimate of drug-likeness (QED) is 0.0214. The number of carbonyl (C=O) groups excluding carboxylic acids is 1. The van der Waals surface area contributed by atoms with Crippen LogP contribution in [0.3, 0.4) is 0 Å². The maximum absolute atomic E-state index is 16.6. The minimum atomic E-state index is -5.21. The molecule has 6 aromatic carbocycles. The summed E-state index contributed by atoms with van der Waals surface area (Å²) in [4.78, 5) is 86.3. The van der Waals surface area contributed by atoms with Gasteiger partial charge in [-0.1, -0.05) is 108 Å². The van der Waals surface area contributed by atoms with Crippen LogP contribution in [-0.2, 0) is 47.2 Å². The molecule has 111 heavy (non-hydrogen) atoms. The predicted molar refractivity (Wildman–Crippen MR) is 413 cm³/mol. The zero-order valence-corrected chi connectivity index (χ0v) is 65.4. The van der Waals surface area contributed by atoms with E-state index < -0.39 is 112 Å². The molecule has 1 radical (unpaired) electrons. The molecule has 13 rings (SSSR count). The molecule has 10 aromatic rings. The summed E-state index contributed by atoms with van der Waals surface area (Å²) in [7, 11) is -4.02. The van der Waals surface area contributed by atoms with Gasteiger partial charge in [-0.25, -0.2) is 33.8 Å². The van der Waals surface area contributed by atoms with Crippen molar-refractivity contribution in [3.05, 3.63) is 272 Å². The zero-order valence-electron chi connectivity index (χ0n) is 62.1. The number of phosphoric ester groups is 1. The van der Waals surface area contributed by atoms with Gasteiger partial charge in [0.05, 0.1) is 75.1 Å². The highest BCUT2D eigenvalue weighted by molar-refractivity contribution is 7.49. The molecule has 1 amide bonds. The summed E-state index contributed by atoms with van der Waals surface area (Å²) in [5, 5.41) is 12.7. The zero-order chi connectivity index (χ0) is 78.4. The smallest absolute Gasteiger partial charge is 0.497 e. The molecule has 3 N–H and O–H groups in total. The van der Waals surface area contributed by atoms with E-state index in [2.05, 4.69) is 32.4 Å². The van der Waals surface area contributed by atoms with Crippen LogP contribution in [0.5, 0.6) is 17.2 Å². The number of nitrogens with one attached hydrogen (secondary N) is 3. The lowest BCUT2D eigenvalue weighted by atomic mass is 9.79. The number of aryl methyl sites for hydroxylation is 2. The van der Waals surface area contributed by atoms with Gasteiger partial charge in [0.15, 0.2) is 17.0 Å². The van der Waals surface area contributed by atoms with Crippen LogP contribution < -0.4 is 41.8 Å². The molecule has 579 valence electrons. The first kappa shape index (κ1) is 79.6. The third kappa shape index (κ3) is 17.1. The number of benzene rings is 6. The van der Waals surface area contributed by atoms with E-state index in [1.807, 2.05) is 111 Å². The van der Waals surface area contributed by atoms with Crippen molar-refractivity contribution >= 4 is 62.4 Å². The summed E-state index contributed by atoms with van der Waals surface area (Å²) in [5.41, 5.74) is 0.650. The molecule has 3 aliphatic rings. The van der Waals surface area contributed by atoms with Crippen LogP contribution in [-0.4, -0.2) is 120 Å². The van der Waals surface area contributed by atoms with Crippen molar-refractivity contribution in [1.82, 2.24) is 43.3 Å². The molecular formula is C79H82Cl2N11O17P2. The lowest BCUT2D eigenvalue weighted by Gasteiger charge is -2.37. The van der Waals surface area contributed by atoms with Crippen molar-refractivity contribution in [2.45, 2.75) is 147 Å². The Balaban J connectivity index is 0.938. The topological polar surface area (TPSA) is 328 Å². The summed E-state index contributed by atoms with van der Waals surface area (Å²) in [6, 6.07) is 46.7. The van der Waals surface area contributed by atoms with Crippen LogP contribution >= 0.6 is 39.6 Å². The fourth-order valence-corrected chi connectivity index (χ4v) is 17.8. The number of halogens is 2. The Labute approximate surface area is 650 Å². The molecule has 3 saturated heterocycles. The first-order valence-corrected chi connectivity index (χ1v) is 39.3. The predicted octanol–water partition coefficient (Wildman–Crippen LogP) is 13.8. The highest BCUT2D eigenvalue weighted by atomic mass is 35.5. The van der Waals surface area contributed by atoms with E-state index in [-0.39, 0.29) is 89.2 Å². The third-order valence-corrected chi connectivity index (χ3v) is 23.9. The highest BCUT2D eigenvalue weighted by Crippen LogP contribution is 2.59. The minimum Gasteiger partial charge on any atom is -0.497 e. The van der Waals surface area contributed by atoms with E-state index in [9.17, 15) is 29.2 Å². The van der Waals surface area contributed by atoms with Crippen molar-refractivity contribution in [1.29, 1.82) is 5.26 Å². The molecule has 11 atom stereocenters. The maximum Gasteiger partial charge on any atom is 0.530 e. The number of ether oxygens (including phenoxy) is 6. The molecule has 3 aliphatic heterocycles. The number of H-pyrrole nitrogens is 2. The number of anilines is 1. The number of hydrogen-bond donors (Lipinski definition) is 3. The van der Waals surface area contributed by atoms with Gasteiger partial charge in [0.2, 0.25) is 0 Å². The summed E-state index contributed by atoms with van der Waals surface area (Å²) in [6.07, 6.45) is -3.79. The van der Waals surface area contributed by atoms with E-state index in [0.717, 1.165) is 16.7 Å². The number of fused-ring (bicyclic) bond motifs is 1. The van der Waals surface area contributed by atoms with Gasteiger partial charge in [-0.3, -0.25) is 47.1 Å². The van der Waals surface area contributed by atoms with Crippen molar-refractivity contribution < 1.29 is 60.4 Å². The molecule has 28 nitrogen and oxygen atoms in total. The molecule has 0 aliphatic carbocycles. The van der Waals surface area contributed by atoms with Crippen LogP contribution in [0.15, 0.2) is 184 Å². The molecule has 0 saturated carbocycles. The molecule has 3 fully saturated rings. The van der Waals surface area contributed by atoms with Gasteiger partial charge in [-0.2, -0.15) is 5.26 Å². The van der Waals surface area contributed by atoms with Crippen LogP contribution in [0, 0.1) is 38.2 Å². The summed E-state index contributed by atoms with van der Waals surface area (Å²) in [5.74, 6) is 0.0542. The van der Waals surface area contributed by atoms with E-state index >= 15 is 4.57 Å². The number of aromatic amines is 2. The van der Waals surface area contributed by atoms with Gasteiger partial charge in [0, 0.05) is 72.4 Å². The van der Waals surface area contributed by atoms with E-state index in [1.165, 1.54) is 53.8 Å². The maximum atomic E-state index is 16.6. The van der Waals surface area contributed by atoms with Crippen LogP contribution in [0.25, 0.3) is 11.2 Å². The fraction of sp³-hybridized carbons (Fsp3) is 0.354. The Hall–Kier alpha value is -9.53. The molecule has 32 heteroatoms. The second kappa shape index (κ2) is 34.6. The van der Waals surface area contributed by atoms with Gasteiger partial charge < -0.3 is 47.3 Å². The van der Waals surface area contributed by atoms with Crippen molar-refractivity contribution in [2.24, 2.45) is 0 Å². The standard InChI is InChI=1S/C79H82Cl2N11O17P2/c1-46(2)92(47(3)4)110(102-36-18-35-82)107-62-38-67(89-40-48(5)74(93)87-77(89)96)105-65(62)43-103-111(98,108-61-24-17-16-23-60(61)81)109-63-39-68(90-41-49(6)75(94)88-78(90)97)106-71(63)69-50(7)59(80)34-33-57(69)58-37-66(91-45-85-70-72(83-44-84-73(70)91)86-76(95)51-19-12-10-13-20-51)104-64(58)42-101-79(52-21-14-11-15-22-52,53-25-29-55(99-8)30-26-53)54-27-31-56(100-9)32-28-54/h10-17,19-33,40-41,44-47,58,62-68,71H,18,36-39,42-43H2,1-9H3,(H,87,93,96)(H,88,94,97)(H,83,84,86,95)/t58-,62-,63-,64-,65+,66+,67+,68+,71-,110?,111?/m0/s1. The monoisotopic (exact) mass is 1590 g/mol. The SMILES string of the molecule is COc1ccc(C(OC[C@@H]2O[C@@H](n3cnc4c(NC(=O)c5ccccc5)ncnc43)C[C@H]2c2c[c]c(Cl)c(C)c2[C@H]2O[C@@H](n3cc(C)c(=O)[nH]c3=O)C[C@@H]2OP(=O)(OC[C@H]2O[C@@H](n3cc(C)c(=O)[nH]c3=O)C[C@@H]2OP(OCCC#N)N(C(C)C)C(C)C)Oc2ccccc2Cl)(c2ccccc2)c2ccc(OC)cc2)cc1. The molecule has 0 bridgehead atoms. The summed E-state index contributed by atoms with van der Waals surface area (Å²) in [6.45, 7) is 11.9. The number of aromatic nitrogens is 8. The average Bonchev–Trinajstić information content (AvgIpc) is 1.70. The molecule has 2 unspecified atom stereocenters. The minimum absolute atomic E-state index is 0.00852. The Bertz CT molecular complexity index is 5260. The van der Waals surface area contributed by atoms with Gasteiger partial charge in [0.1, 0.15) is 66.2 Å². The molecular weight excluding hydrogens is 1510 g/mol. The third-order valence-electron chi connectivity index (χ3n) is 19.7. The van der Waals surface area contributed by atoms with Crippen molar-refractivity contribution in [3.8, 4) is 23.3 Å². The van der Waals surface area contributed by atoms with Gasteiger partial charge in [-0.15, -0.1) is 0 Å². The Morgan fingerprint density at radius 3 is 1.92 bits per heavy atom. The van der Waals surface area contributed by atoms with Crippen LogP contribution in [0.1, 0.15) is 139 Å². The fourth-order valence-electron chi connectivity index (χ4n) is 14.3. The van der Waals surface area contributed by atoms with Gasteiger partial charge in [0.25, 0.3) is 25.6 Å². The second-order valence-electron chi connectivity index (χ2n) is 27.4. The van der Waals surface area contributed by atoms with Crippen molar-refractivity contribution in [2.75, 3.05) is 39.4 Å². The van der Waals surface area contributed by atoms with Gasteiger partial charge >= 0.3 is 19.2 Å². The Kier molecular flexibility index (Phi) is 24.8. The Morgan fingerprint density at radius 1 is 0.730 bits per heavy atom. The second-order valence-corrected chi connectivity index (χ2v) is 31.2. The first-order valence-electron chi connectivity index (χ1n) is 35.9. The normalized spacial score (nSPS) is 20.7. The highest BCUT2D eigenvalue weighted by Gasteiger charge is 2.51. The summed E-state index contributed by atoms with van der Waals surface area (Å²) >= 11 is 14.2. The number of rotatable bonds is 30. The number of nitriles is 1. The molecule has 7 heterocycles. The number of para-hydroxylation sites is 1. The van der Waals surface area contributed by atoms with E-state index in [1.54, 1.807) is 80.6 Å². The van der Waals surface area contributed by atoms with E-state index in [4.69, 9.17) is 84.2 Å². The van der Waals surface area contributed by atoms with E-state index in [0.29, 0.717) is 39.4 Å². The lowest BCUT2D eigenvalue weighted by Crippen LogP contribution is -2.37. The first-order chi connectivity index (χ1) is 53.5. The number of methoxy groups -OCH3 is 2. The number of amides is 1.